The highest BCUT2D eigenvalue weighted by Gasteiger charge is 2.17. The zero-order valence-electron chi connectivity index (χ0n) is 9.82. The second kappa shape index (κ2) is 4.39. The smallest absolute Gasteiger partial charge is 0.241 e. The number of phenolic OH excluding ortho intramolecular Hbond substituents is 1. The molecule has 3 N–H and O–H groups in total. The van der Waals surface area contributed by atoms with Crippen LogP contribution in [-0.4, -0.2) is 11.0 Å². The first-order valence-corrected chi connectivity index (χ1v) is 5.12. The number of carbonyl (C=O) groups excluding carboxylic acids is 1. The van der Waals surface area contributed by atoms with Crippen molar-refractivity contribution in [2.75, 3.05) is 0 Å². The molecular formula is C13H17NO2. The third kappa shape index (κ3) is 3.12. The van der Waals surface area contributed by atoms with E-state index >= 15 is 0 Å². The fourth-order valence-corrected chi connectivity index (χ4v) is 1.44. The Balaban J connectivity index is 3.13. The molecular weight excluding hydrogens is 202 g/mol. The summed E-state index contributed by atoms with van der Waals surface area (Å²) < 4.78 is 0. The number of carbonyl (C=O) groups is 1. The molecule has 0 heterocycles. The van der Waals surface area contributed by atoms with Crippen molar-refractivity contribution in [3.63, 3.8) is 0 Å². The average Bonchev–Trinajstić information content (AvgIpc) is 2.14. The third-order valence-corrected chi connectivity index (χ3v) is 2.27. The SMILES string of the molecule is CC(C)(C)c1cc(/C=C/C(N)=O)ccc1O. The molecule has 0 saturated carbocycles. The number of phenols is 1. The largest absolute Gasteiger partial charge is 0.508 e. The fraction of sp³-hybridized carbons (Fsp3) is 0.308. The summed E-state index contributed by atoms with van der Waals surface area (Å²) in [5, 5.41) is 9.73. The standard InChI is InChI=1S/C13H17NO2/c1-13(2,3)10-8-9(4-6-11(10)15)5-7-12(14)16/h4-8,15H,1-3H3,(H2,14,16)/b7-5+. The van der Waals surface area contributed by atoms with Crippen molar-refractivity contribution in [3.8, 4) is 5.75 Å². The van der Waals surface area contributed by atoms with Crippen molar-refractivity contribution >= 4 is 12.0 Å². The molecule has 0 aromatic heterocycles. The molecule has 1 amide bonds. The molecule has 16 heavy (non-hydrogen) atoms. The molecule has 0 unspecified atom stereocenters. The lowest BCUT2D eigenvalue weighted by Gasteiger charge is -2.20. The van der Waals surface area contributed by atoms with Gasteiger partial charge in [0.05, 0.1) is 0 Å². The Morgan fingerprint density at radius 3 is 2.50 bits per heavy atom. The van der Waals surface area contributed by atoms with Gasteiger partial charge in [-0.3, -0.25) is 4.79 Å². The lowest BCUT2D eigenvalue weighted by molar-refractivity contribution is -0.113. The summed E-state index contributed by atoms with van der Waals surface area (Å²) in [4.78, 5) is 10.6. The molecule has 0 aliphatic heterocycles. The molecule has 0 aliphatic rings. The van der Waals surface area contributed by atoms with Gasteiger partial charge in [-0.25, -0.2) is 0 Å². The highest BCUT2D eigenvalue weighted by molar-refractivity contribution is 5.90. The molecule has 86 valence electrons. The quantitative estimate of drug-likeness (QED) is 0.749. The monoisotopic (exact) mass is 219 g/mol. The topological polar surface area (TPSA) is 63.3 Å². The Hall–Kier alpha value is -1.77. The van der Waals surface area contributed by atoms with Crippen LogP contribution < -0.4 is 5.73 Å². The van der Waals surface area contributed by atoms with Gasteiger partial charge in [-0.15, -0.1) is 0 Å². The Bertz CT molecular complexity index is 428. The van der Waals surface area contributed by atoms with Crippen molar-refractivity contribution in [1.29, 1.82) is 0 Å². The van der Waals surface area contributed by atoms with E-state index in [2.05, 4.69) is 0 Å². The highest BCUT2D eigenvalue weighted by atomic mass is 16.3. The van der Waals surface area contributed by atoms with Gasteiger partial charge >= 0.3 is 0 Å². The van der Waals surface area contributed by atoms with Crippen LogP contribution >= 0.6 is 0 Å². The van der Waals surface area contributed by atoms with Gasteiger partial charge in [-0.05, 0) is 34.8 Å². The predicted octanol–water partition coefficient (Wildman–Crippen LogP) is 2.19. The first-order valence-electron chi connectivity index (χ1n) is 5.12. The summed E-state index contributed by atoms with van der Waals surface area (Å²) in [6.07, 6.45) is 2.94. The Kier molecular flexibility index (Phi) is 3.38. The molecule has 1 rings (SSSR count). The van der Waals surface area contributed by atoms with Crippen LogP contribution in [0.2, 0.25) is 0 Å². The van der Waals surface area contributed by atoms with Gasteiger partial charge in [-0.1, -0.05) is 26.8 Å². The summed E-state index contributed by atoms with van der Waals surface area (Å²) >= 11 is 0. The molecule has 3 heteroatoms. The van der Waals surface area contributed by atoms with Gasteiger partial charge in [0.25, 0.3) is 0 Å². The number of hydrogen-bond acceptors (Lipinski definition) is 2. The molecule has 0 atom stereocenters. The van der Waals surface area contributed by atoms with E-state index in [1.807, 2.05) is 26.8 Å². The van der Waals surface area contributed by atoms with Gasteiger partial charge in [0.1, 0.15) is 5.75 Å². The third-order valence-electron chi connectivity index (χ3n) is 2.27. The van der Waals surface area contributed by atoms with Crippen LogP contribution in [0, 0.1) is 0 Å². The fourth-order valence-electron chi connectivity index (χ4n) is 1.44. The molecule has 1 aromatic rings. The number of primary amides is 1. The maximum absolute atomic E-state index is 10.6. The summed E-state index contributed by atoms with van der Waals surface area (Å²) in [6, 6.07) is 5.22. The van der Waals surface area contributed by atoms with E-state index in [0.29, 0.717) is 0 Å². The zero-order chi connectivity index (χ0) is 12.3. The minimum Gasteiger partial charge on any atom is -0.508 e. The van der Waals surface area contributed by atoms with Crippen LogP contribution in [0.1, 0.15) is 31.9 Å². The molecule has 0 aliphatic carbocycles. The number of hydrogen-bond donors (Lipinski definition) is 2. The van der Waals surface area contributed by atoms with Gasteiger partial charge in [0, 0.05) is 6.08 Å². The molecule has 0 saturated heterocycles. The molecule has 0 spiro atoms. The van der Waals surface area contributed by atoms with E-state index in [1.54, 1.807) is 18.2 Å². The Morgan fingerprint density at radius 1 is 1.38 bits per heavy atom. The maximum Gasteiger partial charge on any atom is 0.241 e. The van der Waals surface area contributed by atoms with Crippen molar-refractivity contribution < 1.29 is 9.90 Å². The van der Waals surface area contributed by atoms with Crippen LogP contribution in [0.15, 0.2) is 24.3 Å². The van der Waals surface area contributed by atoms with Crippen molar-refractivity contribution in [2.45, 2.75) is 26.2 Å². The Morgan fingerprint density at radius 2 is 2.00 bits per heavy atom. The lowest BCUT2D eigenvalue weighted by atomic mass is 9.85. The first kappa shape index (κ1) is 12.3. The van der Waals surface area contributed by atoms with E-state index in [9.17, 15) is 9.90 Å². The van der Waals surface area contributed by atoms with Gasteiger partial charge in [-0.2, -0.15) is 0 Å². The van der Waals surface area contributed by atoms with Crippen LogP contribution in [0.5, 0.6) is 5.75 Å². The molecule has 0 fully saturated rings. The molecule has 1 aromatic carbocycles. The highest BCUT2D eigenvalue weighted by Crippen LogP contribution is 2.31. The molecule has 0 bridgehead atoms. The van der Waals surface area contributed by atoms with E-state index in [1.165, 1.54) is 6.08 Å². The minimum absolute atomic E-state index is 0.138. The van der Waals surface area contributed by atoms with Crippen LogP contribution in [0.3, 0.4) is 0 Å². The first-order chi connectivity index (χ1) is 7.30. The van der Waals surface area contributed by atoms with E-state index < -0.39 is 5.91 Å². The van der Waals surface area contributed by atoms with E-state index in [0.717, 1.165) is 11.1 Å². The number of amides is 1. The normalized spacial score (nSPS) is 11.9. The van der Waals surface area contributed by atoms with Gasteiger partial charge < -0.3 is 10.8 Å². The van der Waals surface area contributed by atoms with Crippen molar-refractivity contribution in [3.05, 3.63) is 35.4 Å². The summed E-state index contributed by atoms with van der Waals surface area (Å²) in [7, 11) is 0. The van der Waals surface area contributed by atoms with Crippen LogP contribution in [0.25, 0.3) is 6.08 Å². The van der Waals surface area contributed by atoms with Crippen molar-refractivity contribution in [2.24, 2.45) is 5.73 Å². The predicted molar refractivity (Wildman–Crippen MR) is 65.0 cm³/mol. The number of benzene rings is 1. The summed E-state index contributed by atoms with van der Waals surface area (Å²) in [6.45, 7) is 6.05. The van der Waals surface area contributed by atoms with Crippen LogP contribution in [-0.2, 0) is 10.2 Å². The molecule has 0 radical (unpaired) electrons. The van der Waals surface area contributed by atoms with Crippen molar-refractivity contribution in [1.82, 2.24) is 0 Å². The average molecular weight is 219 g/mol. The number of aromatic hydroxyl groups is 1. The second-order valence-electron chi connectivity index (χ2n) is 4.76. The van der Waals surface area contributed by atoms with E-state index in [-0.39, 0.29) is 11.2 Å². The summed E-state index contributed by atoms with van der Waals surface area (Å²) in [5.41, 5.74) is 6.58. The lowest BCUT2D eigenvalue weighted by Crippen LogP contribution is -2.11. The van der Waals surface area contributed by atoms with Crippen LogP contribution in [0.4, 0.5) is 0 Å². The maximum atomic E-state index is 10.6. The zero-order valence-corrected chi connectivity index (χ0v) is 9.82. The Labute approximate surface area is 95.6 Å². The number of nitrogens with two attached hydrogens (primary N) is 1. The second-order valence-corrected chi connectivity index (χ2v) is 4.76. The van der Waals surface area contributed by atoms with Gasteiger partial charge in [0.2, 0.25) is 5.91 Å². The summed E-state index contributed by atoms with van der Waals surface area (Å²) in [5.74, 6) is -0.214. The molecule has 3 nitrogen and oxygen atoms in total. The van der Waals surface area contributed by atoms with Gasteiger partial charge in [0.15, 0.2) is 0 Å². The van der Waals surface area contributed by atoms with E-state index in [4.69, 9.17) is 5.73 Å². The number of rotatable bonds is 2. The minimum atomic E-state index is -0.481.